The Labute approximate surface area is 155 Å². The molecule has 3 rings (SSSR count). The SMILES string of the molecule is O=S(=O)(NCC#CCOc1ccc(F)cc1F)c1ccc2c(c1)OCCO2. The molecule has 0 atom stereocenters. The monoisotopic (exact) mass is 395 g/mol. The van der Waals surface area contributed by atoms with Gasteiger partial charge in [-0.3, -0.25) is 0 Å². The number of nitrogens with one attached hydrogen (secondary N) is 1. The van der Waals surface area contributed by atoms with Gasteiger partial charge in [0, 0.05) is 12.1 Å². The fourth-order valence-electron chi connectivity index (χ4n) is 2.22. The van der Waals surface area contributed by atoms with Crippen LogP contribution in [0.1, 0.15) is 0 Å². The van der Waals surface area contributed by atoms with Crippen LogP contribution in [0.5, 0.6) is 17.2 Å². The molecule has 0 amide bonds. The lowest BCUT2D eigenvalue weighted by Gasteiger charge is -2.18. The van der Waals surface area contributed by atoms with E-state index in [4.69, 9.17) is 14.2 Å². The maximum absolute atomic E-state index is 13.4. The maximum Gasteiger partial charge on any atom is 0.241 e. The smallest absolute Gasteiger partial charge is 0.241 e. The van der Waals surface area contributed by atoms with Gasteiger partial charge in [-0.15, -0.1) is 0 Å². The molecule has 1 aliphatic rings. The number of fused-ring (bicyclic) bond motifs is 1. The van der Waals surface area contributed by atoms with E-state index in [1.807, 2.05) is 0 Å². The molecule has 0 fully saturated rings. The van der Waals surface area contributed by atoms with Crippen LogP contribution in [-0.2, 0) is 10.0 Å². The number of hydrogen-bond donors (Lipinski definition) is 1. The summed E-state index contributed by atoms with van der Waals surface area (Å²) in [6.45, 7) is 0.432. The highest BCUT2D eigenvalue weighted by atomic mass is 32.2. The van der Waals surface area contributed by atoms with E-state index in [0.717, 1.165) is 12.1 Å². The summed E-state index contributed by atoms with van der Waals surface area (Å²) in [7, 11) is -3.78. The number of sulfonamides is 1. The van der Waals surface area contributed by atoms with Crippen molar-refractivity contribution < 1.29 is 31.4 Å². The number of hydrogen-bond acceptors (Lipinski definition) is 5. The summed E-state index contributed by atoms with van der Waals surface area (Å²) in [4.78, 5) is 0.0261. The fourth-order valence-corrected chi connectivity index (χ4v) is 3.16. The van der Waals surface area contributed by atoms with Crippen LogP contribution < -0.4 is 18.9 Å². The van der Waals surface area contributed by atoms with Crippen molar-refractivity contribution in [3.8, 4) is 29.1 Å². The van der Waals surface area contributed by atoms with Gasteiger partial charge in [-0.05, 0) is 24.3 Å². The van der Waals surface area contributed by atoms with Crippen molar-refractivity contribution in [2.24, 2.45) is 0 Å². The topological polar surface area (TPSA) is 73.9 Å². The van der Waals surface area contributed by atoms with Crippen LogP contribution in [0.4, 0.5) is 8.78 Å². The summed E-state index contributed by atoms with van der Waals surface area (Å²) >= 11 is 0. The molecule has 1 N–H and O–H groups in total. The third-order valence-electron chi connectivity index (χ3n) is 3.49. The van der Waals surface area contributed by atoms with Gasteiger partial charge in [0.05, 0.1) is 11.4 Å². The molecule has 0 radical (unpaired) electrons. The first-order chi connectivity index (χ1) is 13.0. The quantitative estimate of drug-likeness (QED) is 0.785. The van der Waals surface area contributed by atoms with Crippen LogP contribution in [0.2, 0.25) is 0 Å². The Balaban J connectivity index is 1.53. The first-order valence-electron chi connectivity index (χ1n) is 7.88. The van der Waals surface area contributed by atoms with Crippen molar-refractivity contribution in [3.63, 3.8) is 0 Å². The highest BCUT2D eigenvalue weighted by Gasteiger charge is 2.18. The van der Waals surface area contributed by atoms with Gasteiger partial charge in [0.15, 0.2) is 23.1 Å². The summed E-state index contributed by atoms with van der Waals surface area (Å²) in [6, 6.07) is 7.22. The van der Waals surface area contributed by atoms with Gasteiger partial charge in [-0.2, -0.15) is 4.72 Å². The van der Waals surface area contributed by atoms with E-state index in [0.29, 0.717) is 30.8 Å². The summed E-state index contributed by atoms with van der Waals surface area (Å²) in [5.74, 6) is 4.28. The second-order valence-corrected chi connectivity index (χ2v) is 7.11. The van der Waals surface area contributed by atoms with Gasteiger partial charge in [0.2, 0.25) is 10.0 Å². The molecule has 27 heavy (non-hydrogen) atoms. The highest BCUT2D eigenvalue weighted by Crippen LogP contribution is 2.32. The molecule has 2 aromatic carbocycles. The van der Waals surface area contributed by atoms with Crippen molar-refractivity contribution in [3.05, 3.63) is 48.0 Å². The number of rotatable bonds is 5. The normalized spacial score (nSPS) is 12.8. The molecular weight excluding hydrogens is 380 g/mol. The van der Waals surface area contributed by atoms with Crippen molar-refractivity contribution in [1.82, 2.24) is 4.72 Å². The molecule has 0 unspecified atom stereocenters. The van der Waals surface area contributed by atoms with Crippen LogP contribution in [0, 0.1) is 23.5 Å². The van der Waals surface area contributed by atoms with Crippen molar-refractivity contribution >= 4 is 10.0 Å². The van der Waals surface area contributed by atoms with Crippen LogP contribution in [0.15, 0.2) is 41.3 Å². The molecule has 2 aromatic rings. The molecule has 0 bridgehead atoms. The third-order valence-corrected chi connectivity index (χ3v) is 4.89. The number of benzene rings is 2. The predicted octanol–water partition coefficient (Wildman–Crippen LogP) is 2.10. The van der Waals surface area contributed by atoms with Gasteiger partial charge in [-0.25, -0.2) is 17.2 Å². The van der Waals surface area contributed by atoms with E-state index < -0.39 is 21.7 Å². The summed E-state index contributed by atoms with van der Waals surface area (Å²) in [5.41, 5.74) is 0. The Morgan fingerprint density at radius 3 is 2.59 bits per heavy atom. The Bertz CT molecular complexity index is 999. The van der Waals surface area contributed by atoms with E-state index in [9.17, 15) is 17.2 Å². The Kier molecular flexibility index (Phi) is 5.78. The molecular formula is C18H15F2NO5S. The fraction of sp³-hybridized carbons (Fsp3) is 0.222. The lowest BCUT2D eigenvalue weighted by Crippen LogP contribution is -2.24. The second-order valence-electron chi connectivity index (χ2n) is 5.35. The standard InChI is InChI=1S/C18H15F2NO5S/c19-13-3-5-16(15(20)11-13)24-8-2-1-7-21-27(22,23)14-4-6-17-18(12-14)26-10-9-25-17/h3-6,11-12,21H,7-10H2. The Morgan fingerprint density at radius 1 is 1.04 bits per heavy atom. The zero-order valence-electron chi connectivity index (χ0n) is 14.0. The lowest BCUT2D eigenvalue weighted by molar-refractivity contribution is 0.171. The zero-order valence-corrected chi connectivity index (χ0v) is 14.8. The van der Waals surface area contributed by atoms with E-state index in [1.165, 1.54) is 18.2 Å². The third kappa shape index (κ3) is 4.87. The molecule has 1 heterocycles. The number of halogens is 2. The minimum Gasteiger partial charge on any atom is -0.486 e. The van der Waals surface area contributed by atoms with E-state index in [1.54, 1.807) is 0 Å². The van der Waals surface area contributed by atoms with Crippen LogP contribution in [0.3, 0.4) is 0 Å². The molecule has 0 aromatic heterocycles. The minimum atomic E-state index is -3.78. The Morgan fingerprint density at radius 2 is 1.81 bits per heavy atom. The first kappa shape index (κ1) is 18.9. The van der Waals surface area contributed by atoms with Gasteiger partial charge >= 0.3 is 0 Å². The molecule has 0 spiro atoms. The van der Waals surface area contributed by atoms with E-state index in [2.05, 4.69) is 16.6 Å². The van der Waals surface area contributed by atoms with Gasteiger partial charge < -0.3 is 14.2 Å². The van der Waals surface area contributed by atoms with E-state index >= 15 is 0 Å². The largest absolute Gasteiger partial charge is 0.486 e. The average Bonchev–Trinajstić information content (AvgIpc) is 2.65. The van der Waals surface area contributed by atoms with Crippen LogP contribution in [-0.4, -0.2) is 34.8 Å². The highest BCUT2D eigenvalue weighted by molar-refractivity contribution is 7.89. The summed E-state index contributed by atoms with van der Waals surface area (Å²) < 4.78 is 68.7. The van der Waals surface area contributed by atoms with Crippen molar-refractivity contribution in [2.45, 2.75) is 4.90 Å². The summed E-state index contributed by atoms with van der Waals surface area (Å²) in [6.07, 6.45) is 0. The number of ether oxygens (including phenoxy) is 3. The molecule has 1 aliphatic heterocycles. The lowest BCUT2D eigenvalue weighted by atomic mass is 10.3. The second kappa shape index (κ2) is 8.24. The van der Waals surface area contributed by atoms with Gasteiger partial charge in [-0.1, -0.05) is 11.8 Å². The van der Waals surface area contributed by atoms with E-state index in [-0.39, 0.29) is 23.8 Å². The molecule has 6 nitrogen and oxygen atoms in total. The van der Waals surface area contributed by atoms with Crippen molar-refractivity contribution in [2.75, 3.05) is 26.4 Å². The molecule has 142 valence electrons. The van der Waals surface area contributed by atoms with Gasteiger partial charge in [0.1, 0.15) is 25.6 Å². The Hall–Kier alpha value is -2.83. The average molecular weight is 395 g/mol. The van der Waals surface area contributed by atoms with Crippen LogP contribution in [0.25, 0.3) is 0 Å². The summed E-state index contributed by atoms with van der Waals surface area (Å²) in [5, 5.41) is 0. The van der Waals surface area contributed by atoms with Crippen molar-refractivity contribution in [1.29, 1.82) is 0 Å². The van der Waals surface area contributed by atoms with Gasteiger partial charge in [0.25, 0.3) is 0 Å². The maximum atomic E-state index is 13.4. The predicted molar refractivity (Wildman–Crippen MR) is 92.2 cm³/mol. The van der Waals surface area contributed by atoms with Crippen LogP contribution >= 0.6 is 0 Å². The minimum absolute atomic E-state index is 0.0261. The zero-order chi connectivity index (χ0) is 19.3. The molecule has 9 heteroatoms. The first-order valence-corrected chi connectivity index (χ1v) is 9.37. The molecule has 0 aliphatic carbocycles. The molecule has 0 saturated carbocycles. The molecule has 0 saturated heterocycles.